The summed E-state index contributed by atoms with van der Waals surface area (Å²) >= 11 is 0. The van der Waals surface area contributed by atoms with E-state index in [1.54, 1.807) is 0 Å². The van der Waals surface area contributed by atoms with E-state index in [9.17, 15) is 9.90 Å². The van der Waals surface area contributed by atoms with E-state index in [4.69, 9.17) is 14.7 Å². The Balaban J connectivity index is 1.09. The number of benzene rings is 3. The summed E-state index contributed by atoms with van der Waals surface area (Å²) in [6.07, 6.45) is 7.77. The van der Waals surface area contributed by atoms with Crippen LogP contribution in [0.3, 0.4) is 0 Å². The van der Waals surface area contributed by atoms with Crippen LogP contribution in [0, 0.1) is 5.92 Å². The number of phenols is 1. The molecule has 5 aliphatic rings. The number of fused-ring (bicyclic) bond motifs is 5. The van der Waals surface area contributed by atoms with Crippen molar-refractivity contribution in [2.45, 2.75) is 62.6 Å². The highest BCUT2D eigenvalue weighted by Gasteiger charge is 2.46. The van der Waals surface area contributed by atoms with Gasteiger partial charge in [-0.05, 0) is 111 Å². The molecular weight excluding hydrogens is 576 g/mol. The monoisotopic (exact) mass is 618 g/mol. The molecular formula is C37H42N6O3. The second kappa shape index (κ2) is 11.1. The molecule has 5 saturated heterocycles. The lowest BCUT2D eigenvalue weighted by Crippen LogP contribution is -2.57. The van der Waals surface area contributed by atoms with E-state index >= 15 is 0 Å². The number of carbonyl (C=O) groups excluding carboxylic acids is 1. The maximum Gasteiger partial charge on any atom is 0.319 e. The van der Waals surface area contributed by atoms with E-state index in [-0.39, 0.29) is 29.3 Å². The number of nitrogens with one attached hydrogen (secondary N) is 1. The van der Waals surface area contributed by atoms with Crippen molar-refractivity contribution < 1.29 is 14.6 Å². The van der Waals surface area contributed by atoms with E-state index in [2.05, 4.69) is 44.3 Å². The maximum absolute atomic E-state index is 13.6. The quantitative estimate of drug-likeness (QED) is 0.314. The first-order chi connectivity index (χ1) is 22.5. The van der Waals surface area contributed by atoms with Crippen molar-refractivity contribution in [3.05, 3.63) is 54.6 Å². The van der Waals surface area contributed by atoms with Gasteiger partial charge in [-0.3, -0.25) is 9.69 Å². The zero-order chi connectivity index (χ0) is 30.8. The van der Waals surface area contributed by atoms with Gasteiger partial charge in [0.25, 0.3) is 0 Å². The molecule has 0 radical (unpaired) electrons. The average molecular weight is 619 g/mol. The Bertz CT molecular complexity index is 1800. The number of amides is 1. The third kappa shape index (κ3) is 4.70. The molecule has 238 valence electrons. The molecule has 3 atom stereocenters. The zero-order valence-electron chi connectivity index (χ0n) is 26.3. The topological polar surface area (TPSA) is 94.1 Å². The molecule has 0 aliphatic carbocycles. The van der Waals surface area contributed by atoms with Gasteiger partial charge in [0.2, 0.25) is 5.91 Å². The van der Waals surface area contributed by atoms with Crippen LogP contribution in [-0.2, 0) is 4.79 Å². The second-order valence-electron chi connectivity index (χ2n) is 14.2. The number of aromatic hydroxyl groups is 1. The third-order valence-corrected chi connectivity index (χ3v) is 11.5. The Morgan fingerprint density at radius 2 is 1.76 bits per heavy atom. The van der Waals surface area contributed by atoms with E-state index in [0.29, 0.717) is 18.5 Å². The van der Waals surface area contributed by atoms with Crippen molar-refractivity contribution in [2.24, 2.45) is 5.92 Å². The molecule has 0 spiro atoms. The number of ether oxygens (including phenoxy) is 1. The molecule has 5 aliphatic heterocycles. The smallest absolute Gasteiger partial charge is 0.319 e. The van der Waals surface area contributed by atoms with Gasteiger partial charge in [-0.25, -0.2) is 0 Å². The molecule has 6 heterocycles. The van der Waals surface area contributed by atoms with Crippen molar-refractivity contribution in [1.82, 2.24) is 25.1 Å². The van der Waals surface area contributed by atoms with Gasteiger partial charge >= 0.3 is 6.01 Å². The molecule has 3 aromatic carbocycles. The molecule has 0 saturated carbocycles. The minimum absolute atomic E-state index is 0.0982. The van der Waals surface area contributed by atoms with Crippen LogP contribution in [0.25, 0.3) is 32.8 Å². The Morgan fingerprint density at radius 3 is 2.54 bits per heavy atom. The normalized spacial score (nSPS) is 25.5. The van der Waals surface area contributed by atoms with E-state index < -0.39 is 0 Å². The summed E-state index contributed by atoms with van der Waals surface area (Å²) in [6, 6.07) is 19.0. The van der Waals surface area contributed by atoms with Crippen molar-refractivity contribution >= 4 is 33.4 Å². The first kappa shape index (κ1) is 28.3. The highest BCUT2D eigenvalue weighted by atomic mass is 16.5. The molecule has 1 amide bonds. The van der Waals surface area contributed by atoms with Crippen LogP contribution < -0.4 is 15.0 Å². The van der Waals surface area contributed by atoms with Crippen molar-refractivity contribution in [1.29, 1.82) is 0 Å². The molecule has 9 nitrogen and oxygen atoms in total. The van der Waals surface area contributed by atoms with Crippen LogP contribution in [-0.4, -0.2) is 94.3 Å². The number of anilines is 1. The third-order valence-electron chi connectivity index (χ3n) is 11.5. The van der Waals surface area contributed by atoms with Gasteiger partial charge in [0, 0.05) is 37.1 Å². The highest BCUT2D eigenvalue weighted by molar-refractivity contribution is 6.01. The van der Waals surface area contributed by atoms with Gasteiger partial charge in [0.05, 0.1) is 17.0 Å². The van der Waals surface area contributed by atoms with Crippen LogP contribution in [0.5, 0.6) is 11.8 Å². The number of piperazine rings is 1. The van der Waals surface area contributed by atoms with E-state index in [1.165, 1.54) is 12.8 Å². The van der Waals surface area contributed by atoms with Gasteiger partial charge in [-0.1, -0.05) is 30.3 Å². The summed E-state index contributed by atoms with van der Waals surface area (Å²) in [7, 11) is 0. The summed E-state index contributed by atoms with van der Waals surface area (Å²) in [5, 5.41) is 17.0. The summed E-state index contributed by atoms with van der Waals surface area (Å²) in [4.78, 5) is 30.9. The molecule has 1 aromatic heterocycles. The summed E-state index contributed by atoms with van der Waals surface area (Å²) < 4.78 is 6.56. The number of aromatic nitrogens is 2. The number of hydrogen-bond donors (Lipinski definition) is 2. The highest BCUT2D eigenvalue weighted by Crippen LogP contribution is 2.41. The van der Waals surface area contributed by atoms with Gasteiger partial charge in [-0.2, -0.15) is 9.97 Å². The number of carbonyl (C=O) groups is 1. The Morgan fingerprint density at radius 1 is 0.957 bits per heavy atom. The van der Waals surface area contributed by atoms with E-state index in [1.807, 2.05) is 30.3 Å². The lowest BCUT2D eigenvalue weighted by molar-refractivity contribution is -0.138. The summed E-state index contributed by atoms with van der Waals surface area (Å²) in [6.45, 7) is 6.17. The molecule has 2 bridgehead atoms. The van der Waals surface area contributed by atoms with Crippen molar-refractivity contribution in [2.75, 3.05) is 50.8 Å². The zero-order valence-corrected chi connectivity index (χ0v) is 26.3. The largest absolute Gasteiger partial charge is 0.508 e. The molecule has 9 rings (SSSR count). The number of nitrogens with zero attached hydrogens (tertiary/aromatic N) is 5. The molecule has 46 heavy (non-hydrogen) atoms. The minimum atomic E-state index is 0.0982. The number of rotatable bonds is 6. The fourth-order valence-electron chi connectivity index (χ4n) is 9.27. The first-order valence-corrected chi connectivity index (χ1v) is 17.2. The van der Waals surface area contributed by atoms with Crippen LogP contribution >= 0.6 is 0 Å². The standard InChI is InChI=1S/C37H42N6O3/c44-29-17-24-5-1-2-6-30(24)32(19-29)25-7-10-31-33(18-25)39-36(46-23-37-12-3-15-42(37)16-4-13-37)40-34(31)41-21-27-8-9-28(22-41)43(27)35(45)26-11-14-38-20-26/h1-2,5-7,10,17-19,26-28,38,44H,3-4,8-9,11-16,20-23H2/t26-,27?,28?/m1/s1. The molecule has 2 unspecified atom stereocenters. The van der Waals surface area contributed by atoms with E-state index in [0.717, 1.165) is 110 Å². The second-order valence-corrected chi connectivity index (χ2v) is 14.2. The predicted octanol–water partition coefficient (Wildman–Crippen LogP) is 4.95. The lowest BCUT2D eigenvalue weighted by atomic mass is 9.95. The molecule has 5 fully saturated rings. The molecule has 9 heteroatoms. The number of phenolic OH excluding ortho intramolecular Hbond substituents is 1. The Hall–Kier alpha value is -3.95. The fourth-order valence-corrected chi connectivity index (χ4v) is 9.27. The lowest BCUT2D eigenvalue weighted by Gasteiger charge is -2.42. The SMILES string of the molecule is O=C([C@@H]1CCNC1)N1C2CCC1CN(c1nc(OCC34CCCN3CCC4)nc3cc(-c4cc(O)cc5ccccc45)ccc13)C2. The average Bonchev–Trinajstić information content (AvgIpc) is 3.87. The fraction of sp³-hybridized carbons (Fsp3) is 0.486. The van der Waals surface area contributed by atoms with Crippen LogP contribution in [0.4, 0.5) is 5.82 Å². The summed E-state index contributed by atoms with van der Waals surface area (Å²) in [5.41, 5.74) is 2.89. The van der Waals surface area contributed by atoms with Crippen LogP contribution in [0.2, 0.25) is 0 Å². The van der Waals surface area contributed by atoms with Gasteiger partial charge < -0.3 is 25.0 Å². The van der Waals surface area contributed by atoms with Gasteiger partial charge in [0.15, 0.2) is 0 Å². The van der Waals surface area contributed by atoms with Crippen LogP contribution in [0.15, 0.2) is 54.6 Å². The Kier molecular flexibility index (Phi) is 6.82. The van der Waals surface area contributed by atoms with Gasteiger partial charge in [-0.15, -0.1) is 0 Å². The van der Waals surface area contributed by atoms with Gasteiger partial charge in [0.1, 0.15) is 18.2 Å². The number of hydrogen-bond acceptors (Lipinski definition) is 8. The summed E-state index contributed by atoms with van der Waals surface area (Å²) in [5.74, 6) is 1.57. The van der Waals surface area contributed by atoms with Crippen LogP contribution in [0.1, 0.15) is 44.9 Å². The molecule has 2 N–H and O–H groups in total. The minimum Gasteiger partial charge on any atom is -0.508 e. The van der Waals surface area contributed by atoms with Crippen molar-refractivity contribution in [3.63, 3.8) is 0 Å². The first-order valence-electron chi connectivity index (χ1n) is 17.2. The van der Waals surface area contributed by atoms with Crippen molar-refractivity contribution in [3.8, 4) is 22.9 Å². The maximum atomic E-state index is 13.6. The molecule has 4 aromatic rings. The predicted molar refractivity (Wildman–Crippen MR) is 179 cm³/mol. The Labute approximate surface area is 269 Å².